The molecule has 0 aromatic carbocycles. The predicted molar refractivity (Wildman–Crippen MR) is 50.9 cm³/mol. The van der Waals surface area contributed by atoms with Crippen LogP contribution in [0, 0.1) is 0 Å². The SMILES string of the molecule is COc1ccn2c(CC(=O)O)nnc2c1. The number of hydrogen-bond acceptors (Lipinski definition) is 4. The first kappa shape index (κ1) is 9.45. The van der Waals surface area contributed by atoms with Crippen LogP contribution in [0.1, 0.15) is 5.82 Å². The van der Waals surface area contributed by atoms with E-state index in [1.807, 2.05) is 0 Å². The van der Waals surface area contributed by atoms with Gasteiger partial charge in [-0.05, 0) is 6.07 Å². The smallest absolute Gasteiger partial charge is 0.311 e. The van der Waals surface area contributed by atoms with Gasteiger partial charge in [-0.1, -0.05) is 0 Å². The molecule has 6 nitrogen and oxygen atoms in total. The van der Waals surface area contributed by atoms with Gasteiger partial charge in [0, 0.05) is 12.3 Å². The molecule has 0 radical (unpaired) electrons. The van der Waals surface area contributed by atoms with Crippen LogP contribution >= 0.6 is 0 Å². The molecule has 0 aliphatic heterocycles. The number of fused-ring (bicyclic) bond motifs is 1. The van der Waals surface area contributed by atoms with E-state index in [-0.39, 0.29) is 6.42 Å². The van der Waals surface area contributed by atoms with Crippen molar-refractivity contribution in [3.05, 3.63) is 24.2 Å². The molecular weight excluding hydrogens is 198 g/mol. The predicted octanol–water partition coefficient (Wildman–Crippen LogP) is 0.365. The zero-order chi connectivity index (χ0) is 10.8. The van der Waals surface area contributed by atoms with Gasteiger partial charge in [-0.25, -0.2) is 0 Å². The second kappa shape index (κ2) is 3.56. The number of carbonyl (C=O) groups is 1. The van der Waals surface area contributed by atoms with Gasteiger partial charge in [-0.15, -0.1) is 10.2 Å². The lowest BCUT2D eigenvalue weighted by Crippen LogP contribution is -2.04. The number of rotatable bonds is 3. The van der Waals surface area contributed by atoms with E-state index in [0.717, 1.165) is 0 Å². The Morgan fingerprint density at radius 2 is 2.40 bits per heavy atom. The molecule has 2 rings (SSSR count). The average Bonchev–Trinajstić information content (AvgIpc) is 2.60. The quantitative estimate of drug-likeness (QED) is 0.786. The average molecular weight is 207 g/mol. The highest BCUT2D eigenvalue weighted by Gasteiger charge is 2.09. The van der Waals surface area contributed by atoms with Crippen molar-refractivity contribution in [1.82, 2.24) is 14.6 Å². The van der Waals surface area contributed by atoms with Crippen molar-refractivity contribution >= 4 is 11.6 Å². The third-order valence-corrected chi connectivity index (χ3v) is 2.00. The zero-order valence-electron chi connectivity index (χ0n) is 8.04. The van der Waals surface area contributed by atoms with Crippen LogP contribution in [0.5, 0.6) is 5.75 Å². The van der Waals surface area contributed by atoms with Gasteiger partial charge in [0.1, 0.15) is 18.0 Å². The first-order valence-corrected chi connectivity index (χ1v) is 4.30. The van der Waals surface area contributed by atoms with Crippen molar-refractivity contribution in [2.24, 2.45) is 0 Å². The minimum absolute atomic E-state index is 0.145. The van der Waals surface area contributed by atoms with Gasteiger partial charge in [0.2, 0.25) is 0 Å². The molecule has 0 saturated heterocycles. The Bertz CT molecular complexity index is 506. The molecule has 0 aliphatic rings. The molecule has 0 amide bonds. The summed E-state index contributed by atoms with van der Waals surface area (Å²) in [5.74, 6) is 0.136. The lowest BCUT2D eigenvalue weighted by atomic mass is 10.4. The summed E-state index contributed by atoms with van der Waals surface area (Å²) < 4.78 is 6.64. The number of pyridine rings is 1. The standard InChI is InChI=1S/C9H9N3O3/c1-15-6-2-3-12-7(4-6)10-11-8(12)5-9(13)14/h2-4H,5H2,1H3,(H,13,14). The molecule has 0 bridgehead atoms. The normalized spacial score (nSPS) is 10.5. The van der Waals surface area contributed by atoms with E-state index in [9.17, 15) is 4.79 Å². The fourth-order valence-electron chi connectivity index (χ4n) is 1.30. The molecule has 1 N–H and O–H groups in total. The summed E-state index contributed by atoms with van der Waals surface area (Å²) in [4.78, 5) is 10.5. The van der Waals surface area contributed by atoms with E-state index >= 15 is 0 Å². The van der Waals surface area contributed by atoms with E-state index in [1.54, 1.807) is 29.8 Å². The molecule has 78 valence electrons. The maximum Gasteiger partial charge on any atom is 0.311 e. The number of carboxylic acid groups (broad SMARTS) is 1. The van der Waals surface area contributed by atoms with Gasteiger partial charge in [0.15, 0.2) is 5.65 Å². The van der Waals surface area contributed by atoms with Crippen molar-refractivity contribution < 1.29 is 14.6 Å². The minimum Gasteiger partial charge on any atom is -0.497 e. The third kappa shape index (κ3) is 1.74. The van der Waals surface area contributed by atoms with Crippen LogP contribution in [0.2, 0.25) is 0 Å². The van der Waals surface area contributed by atoms with Crippen LogP contribution in [-0.4, -0.2) is 32.8 Å². The highest BCUT2D eigenvalue weighted by Crippen LogP contribution is 2.13. The Kier molecular flexibility index (Phi) is 2.24. The molecule has 0 saturated carbocycles. The number of nitrogens with zero attached hydrogens (tertiary/aromatic N) is 3. The van der Waals surface area contributed by atoms with E-state index < -0.39 is 5.97 Å². The highest BCUT2D eigenvalue weighted by atomic mass is 16.5. The van der Waals surface area contributed by atoms with Crippen LogP contribution in [0.25, 0.3) is 5.65 Å². The number of aromatic nitrogens is 3. The summed E-state index contributed by atoms with van der Waals surface area (Å²) in [6.45, 7) is 0. The largest absolute Gasteiger partial charge is 0.497 e. The summed E-state index contributed by atoms with van der Waals surface area (Å²) in [6, 6.07) is 3.42. The minimum atomic E-state index is -0.930. The molecule has 0 unspecified atom stereocenters. The number of ether oxygens (including phenoxy) is 1. The maximum absolute atomic E-state index is 10.5. The van der Waals surface area contributed by atoms with Gasteiger partial charge >= 0.3 is 5.97 Å². The second-order valence-electron chi connectivity index (χ2n) is 2.98. The molecule has 0 aliphatic carbocycles. The Morgan fingerprint density at radius 1 is 1.60 bits per heavy atom. The molecule has 15 heavy (non-hydrogen) atoms. The Hall–Kier alpha value is -2.11. The molecule has 0 fully saturated rings. The van der Waals surface area contributed by atoms with Crippen molar-refractivity contribution in [3.63, 3.8) is 0 Å². The van der Waals surface area contributed by atoms with Crippen molar-refractivity contribution in [2.75, 3.05) is 7.11 Å². The van der Waals surface area contributed by atoms with E-state index in [2.05, 4.69) is 10.2 Å². The summed E-state index contributed by atoms with van der Waals surface area (Å²) >= 11 is 0. The number of methoxy groups -OCH3 is 1. The summed E-state index contributed by atoms with van der Waals surface area (Å²) in [5.41, 5.74) is 0.575. The summed E-state index contributed by atoms with van der Waals surface area (Å²) in [6.07, 6.45) is 1.54. The van der Waals surface area contributed by atoms with Crippen LogP contribution in [-0.2, 0) is 11.2 Å². The number of carboxylic acids is 1. The molecule has 2 aromatic heterocycles. The fraction of sp³-hybridized carbons (Fsp3) is 0.222. The molecular formula is C9H9N3O3. The zero-order valence-corrected chi connectivity index (χ0v) is 8.04. The van der Waals surface area contributed by atoms with Crippen molar-refractivity contribution in [3.8, 4) is 5.75 Å². The lowest BCUT2D eigenvalue weighted by molar-refractivity contribution is -0.136. The van der Waals surface area contributed by atoms with Gasteiger partial charge in [0.05, 0.1) is 7.11 Å². The van der Waals surface area contributed by atoms with Crippen LogP contribution in [0.3, 0.4) is 0 Å². The van der Waals surface area contributed by atoms with Crippen LogP contribution < -0.4 is 4.74 Å². The Balaban J connectivity index is 2.47. The topological polar surface area (TPSA) is 76.7 Å². The second-order valence-corrected chi connectivity index (χ2v) is 2.98. The highest BCUT2D eigenvalue weighted by molar-refractivity contribution is 5.69. The monoisotopic (exact) mass is 207 g/mol. The third-order valence-electron chi connectivity index (χ3n) is 2.00. The van der Waals surface area contributed by atoms with Gasteiger partial charge < -0.3 is 9.84 Å². The van der Waals surface area contributed by atoms with E-state index in [0.29, 0.717) is 17.2 Å². The first-order valence-electron chi connectivity index (χ1n) is 4.30. The molecule has 0 spiro atoms. The summed E-state index contributed by atoms with van der Waals surface area (Å²) in [5, 5.41) is 16.3. The molecule has 6 heteroatoms. The van der Waals surface area contributed by atoms with Crippen LogP contribution in [0.15, 0.2) is 18.3 Å². The fourth-order valence-corrected chi connectivity index (χ4v) is 1.30. The number of hydrogen-bond donors (Lipinski definition) is 1. The Labute approximate surface area is 85.1 Å². The molecule has 2 aromatic rings. The van der Waals surface area contributed by atoms with Gasteiger partial charge in [-0.3, -0.25) is 9.20 Å². The molecule has 2 heterocycles. The first-order chi connectivity index (χ1) is 7.20. The van der Waals surface area contributed by atoms with Gasteiger partial charge in [0.25, 0.3) is 0 Å². The number of aliphatic carboxylic acids is 1. The van der Waals surface area contributed by atoms with Crippen molar-refractivity contribution in [2.45, 2.75) is 6.42 Å². The maximum atomic E-state index is 10.5. The van der Waals surface area contributed by atoms with Crippen LogP contribution in [0.4, 0.5) is 0 Å². The lowest BCUT2D eigenvalue weighted by Gasteiger charge is -2.00. The Morgan fingerprint density at radius 3 is 3.07 bits per heavy atom. The molecule has 0 atom stereocenters. The van der Waals surface area contributed by atoms with Gasteiger partial charge in [-0.2, -0.15) is 0 Å². The van der Waals surface area contributed by atoms with E-state index in [1.165, 1.54) is 0 Å². The van der Waals surface area contributed by atoms with E-state index in [4.69, 9.17) is 9.84 Å². The van der Waals surface area contributed by atoms with Crippen molar-refractivity contribution in [1.29, 1.82) is 0 Å². The summed E-state index contributed by atoms with van der Waals surface area (Å²) in [7, 11) is 1.56.